The Morgan fingerprint density at radius 2 is 1.79 bits per heavy atom. The molecule has 1 unspecified atom stereocenters. The van der Waals surface area contributed by atoms with E-state index in [1.807, 2.05) is 0 Å². The van der Waals surface area contributed by atoms with Gasteiger partial charge in [0.15, 0.2) is 0 Å². The standard InChI is InChI=1S/C15H26N2O2/c1-3-11(4-2)16-13-10-14(18)17(15(13)19)12-8-6-5-7-9-12/h11-13,16H,3-10H2,1-2H3. The molecular weight excluding hydrogens is 240 g/mol. The molecule has 1 saturated heterocycles. The normalized spacial score (nSPS) is 25.6. The number of nitrogens with zero attached hydrogens (tertiary/aromatic N) is 1. The fraction of sp³-hybridized carbons (Fsp3) is 0.867. The fourth-order valence-corrected chi connectivity index (χ4v) is 3.31. The summed E-state index contributed by atoms with van der Waals surface area (Å²) in [6, 6.07) is 0.231. The Balaban J connectivity index is 1.99. The lowest BCUT2D eigenvalue weighted by molar-refractivity contribution is -0.142. The van der Waals surface area contributed by atoms with E-state index in [1.54, 1.807) is 4.90 Å². The van der Waals surface area contributed by atoms with Crippen molar-refractivity contribution in [3.05, 3.63) is 0 Å². The molecule has 0 aromatic carbocycles. The minimum absolute atomic E-state index is 0.0174. The summed E-state index contributed by atoms with van der Waals surface area (Å²) in [5, 5.41) is 3.35. The SMILES string of the molecule is CCC(CC)NC1CC(=O)N(C2CCCCC2)C1=O. The summed E-state index contributed by atoms with van der Waals surface area (Å²) in [4.78, 5) is 26.1. The predicted molar refractivity (Wildman–Crippen MR) is 74.6 cm³/mol. The Bertz CT molecular complexity index is 333. The summed E-state index contributed by atoms with van der Waals surface area (Å²) in [7, 11) is 0. The van der Waals surface area contributed by atoms with E-state index in [9.17, 15) is 9.59 Å². The van der Waals surface area contributed by atoms with E-state index >= 15 is 0 Å². The van der Waals surface area contributed by atoms with Gasteiger partial charge in [-0.25, -0.2) is 0 Å². The third-order valence-corrected chi connectivity index (χ3v) is 4.55. The molecule has 1 N–H and O–H groups in total. The molecule has 108 valence electrons. The van der Waals surface area contributed by atoms with Crippen molar-refractivity contribution in [2.24, 2.45) is 0 Å². The number of carbonyl (C=O) groups is 2. The first-order valence-electron chi connectivity index (χ1n) is 7.79. The van der Waals surface area contributed by atoms with E-state index < -0.39 is 0 Å². The molecule has 0 aromatic rings. The van der Waals surface area contributed by atoms with Crippen LogP contribution in [0.4, 0.5) is 0 Å². The molecule has 2 fully saturated rings. The average Bonchev–Trinajstić information content (AvgIpc) is 2.71. The molecule has 4 nitrogen and oxygen atoms in total. The van der Waals surface area contributed by atoms with Gasteiger partial charge < -0.3 is 5.32 Å². The maximum atomic E-state index is 12.4. The maximum absolute atomic E-state index is 12.4. The molecule has 19 heavy (non-hydrogen) atoms. The third-order valence-electron chi connectivity index (χ3n) is 4.55. The molecule has 2 amide bonds. The van der Waals surface area contributed by atoms with Gasteiger partial charge in [0.2, 0.25) is 11.8 Å². The quantitative estimate of drug-likeness (QED) is 0.776. The first-order valence-corrected chi connectivity index (χ1v) is 7.79. The van der Waals surface area contributed by atoms with E-state index in [2.05, 4.69) is 19.2 Å². The molecule has 1 saturated carbocycles. The van der Waals surface area contributed by atoms with Crippen LogP contribution in [0.15, 0.2) is 0 Å². The van der Waals surface area contributed by atoms with E-state index in [0.717, 1.165) is 38.5 Å². The number of imide groups is 1. The number of carbonyl (C=O) groups excluding carboxylic acids is 2. The summed E-state index contributed by atoms with van der Waals surface area (Å²) in [5.41, 5.74) is 0. The Labute approximate surface area is 115 Å². The molecule has 1 aliphatic carbocycles. The highest BCUT2D eigenvalue weighted by atomic mass is 16.2. The molecule has 0 spiro atoms. The summed E-state index contributed by atoms with van der Waals surface area (Å²) in [6.07, 6.45) is 7.87. The van der Waals surface area contributed by atoms with E-state index in [4.69, 9.17) is 0 Å². The summed E-state index contributed by atoms with van der Waals surface area (Å²) < 4.78 is 0. The lowest BCUT2D eigenvalue weighted by Gasteiger charge is -2.30. The van der Waals surface area contributed by atoms with Gasteiger partial charge in [0, 0.05) is 12.1 Å². The molecule has 1 atom stereocenters. The van der Waals surface area contributed by atoms with Gasteiger partial charge in [-0.1, -0.05) is 33.1 Å². The fourth-order valence-electron chi connectivity index (χ4n) is 3.31. The number of amides is 2. The molecule has 2 rings (SSSR count). The summed E-state index contributed by atoms with van der Waals surface area (Å²) in [5.74, 6) is 0.0455. The molecule has 1 heterocycles. The average molecular weight is 266 g/mol. The molecule has 0 radical (unpaired) electrons. The van der Waals surface area contributed by atoms with E-state index in [0.29, 0.717) is 12.5 Å². The Hall–Kier alpha value is -0.900. The molecule has 1 aliphatic heterocycles. The van der Waals surface area contributed by atoms with E-state index in [-0.39, 0.29) is 23.9 Å². The second-order valence-corrected chi connectivity index (χ2v) is 5.83. The van der Waals surface area contributed by atoms with Gasteiger partial charge in [-0.3, -0.25) is 14.5 Å². The van der Waals surface area contributed by atoms with Crippen LogP contribution in [0.3, 0.4) is 0 Å². The highest BCUT2D eigenvalue weighted by molar-refractivity contribution is 6.05. The maximum Gasteiger partial charge on any atom is 0.247 e. The van der Waals surface area contributed by atoms with Gasteiger partial charge >= 0.3 is 0 Å². The van der Waals surface area contributed by atoms with Crippen molar-refractivity contribution in [3.63, 3.8) is 0 Å². The minimum Gasteiger partial charge on any atom is -0.303 e. The highest BCUT2D eigenvalue weighted by Crippen LogP contribution is 2.27. The first-order chi connectivity index (χ1) is 9.17. The minimum atomic E-state index is -0.278. The lowest BCUT2D eigenvalue weighted by Crippen LogP contribution is -2.46. The number of hydrogen-bond acceptors (Lipinski definition) is 3. The van der Waals surface area contributed by atoms with Crippen LogP contribution < -0.4 is 5.32 Å². The summed E-state index contributed by atoms with van der Waals surface area (Å²) in [6.45, 7) is 4.22. The number of nitrogens with one attached hydrogen (secondary N) is 1. The molecular formula is C15H26N2O2. The van der Waals surface area contributed by atoms with Gasteiger partial charge in [-0.15, -0.1) is 0 Å². The first kappa shape index (κ1) is 14.5. The highest BCUT2D eigenvalue weighted by Gasteiger charge is 2.42. The third kappa shape index (κ3) is 3.16. The van der Waals surface area contributed by atoms with Crippen molar-refractivity contribution in [1.29, 1.82) is 0 Å². The number of rotatable bonds is 5. The van der Waals surface area contributed by atoms with Crippen molar-refractivity contribution in [3.8, 4) is 0 Å². The van der Waals surface area contributed by atoms with Crippen LogP contribution in [-0.2, 0) is 9.59 Å². The Kier molecular flexibility index (Phi) is 4.97. The van der Waals surface area contributed by atoms with Crippen molar-refractivity contribution in [1.82, 2.24) is 10.2 Å². The van der Waals surface area contributed by atoms with Crippen LogP contribution in [-0.4, -0.2) is 34.8 Å². The molecule has 0 bridgehead atoms. The topological polar surface area (TPSA) is 49.4 Å². The summed E-state index contributed by atoms with van der Waals surface area (Å²) >= 11 is 0. The second kappa shape index (κ2) is 6.51. The lowest BCUT2D eigenvalue weighted by atomic mass is 9.94. The number of hydrogen-bond donors (Lipinski definition) is 1. The van der Waals surface area contributed by atoms with Crippen LogP contribution in [0, 0.1) is 0 Å². The largest absolute Gasteiger partial charge is 0.303 e. The van der Waals surface area contributed by atoms with E-state index in [1.165, 1.54) is 6.42 Å². The van der Waals surface area contributed by atoms with Crippen LogP contribution in [0.2, 0.25) is 0 Å². The van der Waals surface area contributed by atoms with Crippen molar-refractivity contribution in [2.45, 2.75) is 83.3 Å². The zero-order valence-electron chi connectivity index (χ0n) is 12.2. The van der Waals surface area contributed by atoms with Crippen molar-refractivity contribution >= 4 is 11.8 Å². The zero-order chi connectivity index (χ0) is 13.8. The van der Waals surface area contributed by atoms with Crippen molar-refractivity contribution in [2.75, 3.05) is 0 Å². The Morgan fingerprint density at radius 3 is 2.37 bits per heavy atom. The second-order valence-electron chi connectivity index (χ2n) is 5.83. The zero-order valence-corrected chi connectivity index (χ0v) is 12.2. The van der Waals surface area contributed by atoms with Crippen LogP contribution in [0.1, 0.15) is 65.2 Å². The van der Waals surface area contributed by atoms with Gasteiger partial charge in [-0.05, 0) is 25.7 Å². The van der Waals surface area contributed by atoms with Crippen LogP contribution in [0.25, 0.3) is 0 Å². The predicted octanol–water partition coefficient (Wildman–Crippen LogP) is 2.22. The van der Waals surface area contributed by atoms with Gasteiger partial charge in [0.05, 0.1) is 12.5 Å². The molecule has 4 heteroatoms. The van der Waals surface area contributed by atoms with Gasteiger partial charge in [-0.2, -0.15) is 0 Å². The van der Waals surface area contributed by atoms with Crippen molar-refractivity contribution < 1.29 is 9.59 Å². The monoisotopic (exact) mass is 266 g/mol. The number of likely N-dealkylation sites (tertiary alicyclic amines) is 1. The molecule has 0 aromatic heterocycles. The smallest absolute Gasteiger partial charge is 0.247 e. The van der Waals surface area contributed by atoms with Crippen LogP contribution >= 0.6 is 0 Å². The van der Waals surface area contributed by atoms with Crippen LogP contribution in [0.5, 0.6) is 0 Å². The Morgan fingerprint density at radius 1 is 1.16 bits per heavy atom. The van der Waals surface area contributed by atoms with Gasteiger partial charge in [0.25, 0.3) is 0 Å². The van der Waals surface area contributed by atoms with Gasteiger partial charge in [0.1, 0.15) is 0 Å². The molecule has 2 aliphatic rings.